The van der Waals surface area contributed by atoms with Crippen LogP contribution in [-0.4, -0.2) is 6.26 Å². The van der Waals surface area contributed by atoms with Crippen LogP contribution in [0.15, 0.2) is 58.9 Å². The van der Waals surface area contributed by atoms with E-state index in [9.17, 15) is 4.39 Å². The molecule has 0 saturated carbocycles. The van der Waals surface area contributed by atoms with Crippen molar-refractivity contribution in [3.05, 3.63) is 59.6 Å². The van der Waals surface area contributed by atoms with Crippen LogP contribution < -0.4 is 5.73 Å². The van der Waals surface area contributed by atoms with Crippen molar-refractivity contribution in [2.24, 2.45) is 5.73 Å². The van der Waals surface area contributed by atoms with Gasteiger partial charge in [-0.05, 0) is 37.8 Å². The van der Waals surface area contributed by atoms with E-state index in [1.807, 2.05) is 43.5 Å². The molecule has 18 heavy (non-hydrogen) atoms. The summed E-state index contributed by atoms with van der Waals surface area (Å²) in [7, 11) is 0. The van der Waals surface area contributed by atoms with Crippen molar-refractivity contribution >= 4 is 17.3 Å². The predicted molar refractivity (Wildman–Crippen MR) is 79.0 cm³/mol. The molecule has 0 atom stereocenters. The quantitative estimate of drug-likeness (QED) is 0.638. The van der Waals surface area contributed by atoms with Crippen LogP contribution in [0.4, 0.5) is 4.39 Å². The first-order valence-electron chi connectivity index (χ1n) is 5.73. The number of hydrogen-bond acceptors (Lipinski definition) is 2. The van der Waals surface area contributed by atoms with Gasteiger partial charge in [-0.25, -0.2) is 4.39 Å². The molecule has 0 aliphatic rings. The summed E-state index contributed by atoms with van der Waals surface area (Å²) in [4.78, 5) is 1.09. The van der Waals surface area contributed by atoms with Crippen molar-refractivity contribution in [1.29, 1.82) is 0 Å². The molecule has 0 bridgehead atoms. The fourth-order valence-electron chi connectivity index (χ4n) is 1.69. The Kier molecular flexibility index (Phi) is 5.72. The minimum Gasteiger partial charge on any atom is -0.396 e. The molecule has 0 radical (unpaired) electrons. The Morgan fingerprint density at radius 1 is 1.28 bits per heavy atom. The predicted octanol–water partition coefficient (Wildman–Crippen LogP) is 4.53. The first-order valence-corrected chi connectivity index (χ1v) is 6.96. The molecule has 1 aromatic rings. The monoisotopic (exact) mass is 263 g/mol. The van der Waals surface area contributed by atoms with Crippen molar-refractivity contribution in [3.63, 3.8) is 0 Å². The Morgan fingerprint density at radius 2 is 1.94 bits per heavy atom. The van der Waals surface area contributed by atoms with Crippen LogP contribution >= 0.6 is 11.8 Å². The summed E-state index contributed by atoms with van der Waals surface area (Å²) in [6.07, 6.45) is 6.85. The topological polar surface area (TPSA) is 26.0 Å². The number of benzene rings is 1. The maximum absolute atomic E-state index is 13.8. The second kappa shape index (κ2) is 7.07. The van der Waals surface area contributed by atoms with Crippen molar-refractivity contribution < 1.29 is 4.39 Å². The van der Waals surface area contributed by atoms with Gasteiger partial charge in [-0.15, -0.1) is 11.8 Å². The Morgan fingerprint density at radius 3 is 2.50 bits per heavy atom. The standard InChI is InChI=1S/C15H18FNS/c1-4-8-13(16)15(17)11(5-2)12-9-6-7-10-14(12)18-3/h4-10H,17H2,1-3H3/b8-4-,11-5-,15-13-. The first-order chi connectivity index (χ1) is 8.65. The van der Waals surface area contributed by atoms with E-state index in [-0.39, 0.29) is 5.70 Å². The number of rotatable bonds is 4. The normalized spacial score (nSPS) is 13.9. The molecule has 1 aromatic carbocycles. The third-order valence-electron chi connectivity index (χ3n) is 2.55. The SMILES string of the molecule is C\C=C/C(F)=C(N)\C(=C/C)c1ccccc1SC. The van der Waals surface area contributed by atoms with E-state index >= 15 is 0 Å². The zero-order chi connectivity index (χ0) is 13.5. The number of nitrogens with two attached hydrogens (primary N) is 1. The van der Waals surface area contributed by atoms with Crippen molar-refractivity contribution in [2.75, 3.05) is 6.26 Å². The molecule has 0 aromatic heterocycles. The molecule has 0 aliphatic heterocycles. The van der Waals surface area contributed by atoms with E-state index in [4.69, 9.17) is 5.73 Å². The lowest BCUT2D eigenvalue weighted by atomic mass is 10.0. The van der Waals surface area contributed by atoms with Crippen LogP contribution in [0.5, 0.6) is 0 Å². The van der Waals surface area contributed by atoms with Gasteiger partial charge >= 0.3 is 0 Å². The van der Waals surface area contributed by atoms with Gasteiger partial charge in [-0.3, -0.25) is 0 Å². The Balaban J connectivity index is 3.32. The second-order valence-electron chi connectivity index (χ2n) is 3.66. The van der Waals surface area contributed by atoms with Crippen molar-refractivity contribution in [1.82, 2.24) is 0 Å². The fraction of sp³-hybridized carbons (Fsp3) is 0.200. The van der Waals surface area contributed by atoms with Gasteiger partial charge in [0.25, 0.3) is 0 Å². The fourth-order valence-corrected chi connectivity index (χ4v) is 2.30. The smallest absolute Gasteiger partial charge is 0.146 e. The van der Waals surface area contributed by atoms with Gasteiger partial charge in [0.2, 0.25) is 0 Å². The molecule has 0 aliphatic carbocycles. The number of hydrogen-bond donors (Lipinski definition) is 1. The van der Waals surface area contributed by atoms with Gasteiger partial charge in [0, 0.05) is 10.5 Å². The largest absolute Gasteiger partial charge is 0.396 e. The van der Waals surface area contributed by atoms with E-state index in [2.05, 4.69) is 0 Å². The Labute approximate surface area is 112 Å². The van der Waals surface area contributed by atoms with Gasteiger partial charge in [-0.2, -0.15) is 0 Å². The van der Waals surface area contributed by atoms with Crippen molar-refractivity contribution in [2.45, 2.75) is 18.7 Å². The number of halogens is 1. The molecule has 0 saturated heterocycles. The number of thioether (sulfide) groups is 1. The van der Waals surface area contributed by atoms with Crippen LogP contribution in [0.2, 0.25) is 0 Å². The van der Waals surface area contributed by atoms with Crippen molar-refractivity contribution in [3.8, 4) is 0 Å². The van der Waals surface area contributed by atoms with E-state index in [1.54, 1.807) is 24.8 Å². The van der Waals surface area contributed by atoms with Crippen LogP contribution in [0, 0.1) is 0 Å². The van der Waals surface area contributed by atoms with Crippen LogP contribution in [0.3, 0.4) is 0 Å². The summed E-state index contributed by atoms with van der Waals surface area (Å²) >= 11 is 1.62. The third-order valence-corrected chi connectivity index (χ3v) is 3.34. The molecule has 2 N–H and O–H groups in total. The summed E-state index contributed by atoms with van der Waals surface area (Å²) < 4.78 is 13.8. The summed E-state index contributed by atoms with van der Waals surface area (Å²) in [5, 5.41) is 0. The van der Waals surface area contributed by atoms with Gasteiger partial charge in [0.05, 0.1) is 5.70 Å². The molecule has 0 unspecified atom stereocenters. The summed E-state index contributed by atoms with van der Waals surface area (Å²) in [6.45, 7) is 3.63. The summed E-state index contributed by atoms with van der Waals surface area (Å²) in [5.74, 6) is -0.401. The third kappa shape index (κ3) is 3.26. The Hall–Kier alpha value is -1.48. The molecule has 0 fully saturated rings. The highest BCUT2D eigenvalue weighted by Crippen LogP contribution is 2.30. The average Bonchev–Trinajstić information content (AvgIpc) is 2.40. The summed E-state index contributed by atoms with van der Waals surface area (Å²) in [5.41, 5.74) is 7.76. The number of allylic oxidation sites excluding steroid dienone is 5. The van der Waals surface area contributed by atoms with Gasteiger partial charge in [0.15, 0.2) is 0 Å². The highest BCUT2D eigenvalue weighted by Gasteiger charge is 2.11. The molecule has 1 rings (SSSR count). The minimum absolute atomic E-state index is 0.178. The molecule has 0 heterocycles. The maximum atomic E-state index is 13.8. The van der Waals surface area contributed by atoms with E-state index in [0.717, 1.165) is 16.0 Å². The van der Waals surface area contributed by atoms with E-state index < -0.39 is 5.83 Å². The second-order valence-corrected chi connectivity index (χ2v) is 4.51. The van der Waals surface area contributed by atoms with E-state index in [1.165, 1.54) is 6.08 Å². The molecule has 3 heteroatoms. The van der Waals surface area contributed by atoms with Crippen LogP contribution in [0.1, 0.15) is 19.4 Å². The van der Waals surface area contributed by atoms with E-state index in [0.29, 0.717) is 0 Å². The minimum atomic E-state index is -0.401. The zero-order valence-corrected chi connectivity index (χ0v) is 11.7. The Bertz CT molecular complexity index is 501. The van der Waals surface area contributed by atoms with Crippen LogP contribution in [0.25, 0.3) is 5.57 Å². The first kappa shape index (κ1) is 14.6. The zero-order valence-electron chi connectivity index (χ0n) is 10.9. The lowest BCUT2D eigenvalue weighted by molar-refractivity contribution is 0.657. The molecule has 1 nitrogen and oxygen atoms in total. The molecule has 96 valence electrons. The lowest BCUT2D eigenvalue weighted by Crippen LogP contribution is -2.03. The molecular formula is C15H18FNS. The average molecular weight is 263 g/mol. The molecule has 0 spiro atoms. The van der Waals surface area contributed by atoms with Gasteiger partial charge < -0.3 is 5.73 Å². The summed E-state index contributed by atoms with van der Waals surface area (Å²) in [6, 6.07) is 7.85. The molecular weight excluding hydrogens is 245 g/mol. The van der Waals surface area contributed by atoms with Crippen LogP contribution in [-0.2, 0) is 0 Å². The van der Waals surface area contributed by atoms with Gasteiger partial charge in [-0.1, -0.05) is 30.4 Å². The lowest BCUT2D eigenvalue weighted by Gasteiger charge is -2.12. The maximum Gasteiger partial charge on any atom is 0.146 e. The highest BCUT2D eigenvalue weighted by atomic mass is 32.2. The highest BCUT2D eigenvalue weighted by molar-refractivity contribution is 7.98. The molecule has 0 amide bonds. The van der Waals surface area contributed by atoms with Gasteiger partial charge in [0.1, 0.15) is 5.83 Å².